The molecule has 2 rings (SSSR count). The average molecular weight is 317 g/mol. The summed E-state index contributed by atoms with van der Waals surface area (Å²) in [6.45, 7) is 5.25. The summed E-state index contributed by atoms with van der Waals surface area (Å²) in [4.78, 5) is 22.9. The van der Waals surface area contributed by atoms with Crippen molar-refractivity contribution >= 4 is 11.8 Å². The molecule has 1 fully saturated rings. The van der Waals surface area contributed by atoms with Crippen LogP contribution in [0.3, 0.4) is 0 Å². The quantitative estimate of drug-likeness (QED) is 0.557. The topological polar surface area (TPSA) is 55.4 Å². The van der Waals surface area contributed by atoms with Crippen molar-refractivity contribution in [2.24, 2.45) is 5.92 Å². The van der Waals surface area contributed by atoms with Crippen LogP contribution in [0, 0.1) is 5.92 Å². The highest BCUT2D eigenvalue weighted by Crippen LogP contribution is 2.26. The van der Waals surface area contributed by atoms with E-state index in [9.17, 15) is 9.59 Å². The van der Waals surface area contributed by atoms with Crippen LogP contribution in [-0.2, 0) is 9.59 Å². The van der Waals surface area contributed by atoms with E-state index >= 15 is 0 Å². The average Bonchev–Trinajstić information content (AvgIpc) is 2.85. The van der Waals surface area contributed by atoms with Crippen LogP contribution in [0.2, 0.25) is 0 Å². The van der Waals surface area contributed by atoms with Crippen LogP contribution in [0.5, 0.6) is 5.75 Å². The summed E-state index contributed by atoms with van der Waals surface area (Å²) in [5.74, 6) is 0.864. The molecule has 1 saturated heterocycles. The van der Waals surface area contributed by atoms with Crippen molar-refractivity contribution < 1.29 is 14.3 Å². The molecule has 1 heterocycles. The fraction of sp³-hybridized carbons (Fsp3) is 0.579. The summed E-state index contributed by atoms with van der Waals surface area (Å²) in [5.41, 5.74) is 0.870. The molecule has 1 aliphatic rings. The molecule has 1 aliphatic heterocycles. The van der Waals surface area contributed by atoms with Gasteiger partial charge in [-0.3, -0.25) is 14.9 Å². The minimum Gasteiger partial charge on any atom is -0.494 e. The van der Waals surface area contributed by atoms with Gasteiger partial charge in [-0.2, -0.15) is 0 Å². The van der Waals surface area contributed by atoms with Gasteiger partial charge in [-0.25, -0.2) is 0 Å². The summed E-state index contributed by atoms with van der Waals surface area (Å²) in [5, 5.41) is 2.34. The van der Waals surface area contributed by atoms with E-state index in [1.54, 1.807) is 0 Å². The van der Waals surface area contributed by atoms with Gasteiger partial charge in [-0.1, -0.05) is 51.7 Å². The maximum absolute atomic E-state index is 11.6. The van der Waals surface area contributed by atoms with Gasteiger partial charge in [0, 0.05) is 6.42 Å². The van der Waals surface area contributed by atoms with Crippen LogP contribution in [-0.4, -0.2) is 18.4 Å². The van der Waals surface area contributed by atoms with Crippen molar-refractivity contribution in [1.82, 2.24) is 5.32 Å². The van der Waals surface area contributed by atoms with E-state index in [0.717, 1.165) is 30.3 Å². The Hall–Kier alpha value is -1.84. The number of benzene rings is 1. The molecule has 1 aromatic rings. The van der Waals surface area contributed by atoms with Crippen molar-refractivity contribution in [1.29, 1.82) is 0 Å². The van der Waals surface area contributed by atoms with Gasteiger partial charge in [-0.15, -0.1) is 0 Å². The third kappa shape index (κ3) is 5.70. The molecule has 4 heteroatoms. The predicted molar refractivity (Wildman–Crippen MR) is 90.4 cm³/mol. The molecule has 0 spiro atoms. The fourth-order valence-electron chi connectivity index (χ4n) is 2.82. The summed E-state index contributed by atoms with van der Waals surface area (Å²) < 4.78 is 5.73. The van der Waals surface area contributed by atoms with Gasteiger partial charge < -0.3 is 4.74 Å². The van der Waals surface area contributed by atoms with Gasteiger partial charge in [0.05, 0.1) is 12.5 Å². The molecule has 126 valence electrons. The summed E-state index contributed by atoms with van der Waals surface area (Å²) in [6.07, 6.45) is 6.39. The standard InChI is InChI=1S/C19H27NO3/c1-14(2)7-5-3-4-6-12-23-16-10-8-15(9-11-16)17-13-18(21)20-19(17)22/h8-11,14,17H,3-7,12-13H2,1-2H3,(H,20,21,22)/t17-/m0/s1. The van der Waals surface area contributed by atoms with Gasteiger partial charge in [-0.05, 0) is 30.0 Å². The van der Waals surface area contributed by atoms with Crippen LogP contribution >= 0.6 is 0 Å². The Morgan fingerprint density at radius 3 is 2.39 bits per heavy atom. The maximum Gasteiger partial charge on any atom is 0.234 e. The van der Waals surface area contributed by atoms with Crippen molar-refractivity contribution in [3.05, 3.63) is 29.8 Å². The highest BCUT2D eigenvalue weighted by Gasteiger charge is 2.31. The molecule has 0 aromatic heterocycles. The van der Waals surface area contributed by atoms with Gasteiger partial charge in [0.25, 0.3) is 0 Å². The van der Waals surface area contributed by atoms with Crippen molar-refractivity contribution in [3.8, 4) is 5.75 Å². The first-order chi connectivity index (χ1) is 11.1. The summed E-state index contributed by atoms with van der Waals surface area (Å²) >= 11 is 0. The lowest BCUT2D eigenvalue weighted by molar-refractivity contribution is -0.125. The lowest BCUT2D eigenvalue weighted by atomic mass is 9.98. The van der Waals surface area contributed by atoms with E-state index in [1.165, 1.54) is 25.7 Å². The predicted octanol–water partition coefficient (Wildman–Crippen LogP) is 3.80. The van der Waals surface area contributed by atoms with E-state index in [0.29, 0.717) is 0 Å². The van der Waals surface area contributed by atoms with E-state index in [1.807, 2.05) is 24.3 Å². The highest BCUT2D eigenvalue weighted by atomic mass is 16.5. The minimum atomic E-state index is -0.350. The largest absolute Gasteiger partial charge is 0.494 e. The molecule has 0 saturated carbocycles. The fourth-order valence-corrected chi connectivity index (χ4v) is 2.82. The molecule has 23 heavy (non-hydrogen) atoms. The number of ether oxygens (including phenoxy) is 1. The van der Waals surface area contributed by atoms with Crippen LogP contribution in [0.15, 0.2) is 24.3 Å². The third-order valence-electron chi connectivity index (χ3n) is 4.20. The van der Waals surface area contributed by atoms with Crippen LogP contribution in [0.1, 0.15) is 63.9 Å². The zero-order valence-electron chi connectivity index (χ0n) is 14.1. The molecular formula is C19H27NO3. The Labute approximate surface area is 138 Å². The zero-order chi connectivity index (χ0) is 16.7. The van der Waals surface area contributed by atoms with Gasteiger partial charge in [0.15, 0.2) is 0 Å². The van der Waals surface area contributed by atoms with Crippen LogP contribution in [0.4, 0.5) is 0 Å². The molecule has 0 radical (unpaired) electrons. The van der Waals surface area contributed by atoms with E-state index in [-0.39, 0.29) is 24.2 Å². The number of unbranched alkanes of at least 4 members (excludes halogenated alkanes) is 3. The normalized spacial score (nSPS) is 17.6. The second kappa shape index (κ2) is 8.70. The SMILES string of the molecule is CC(C)CCCCCCOc1ccc([C@@H]2CC(=O)NC2=O)cc1. The van der Waals surface area contributed by atoms with Crippen molar-refractivity contribution in [2.45, 2.75) is 58.3 Å². The van der Waals surface area contributed by atoms with Crippen LogP contribution < -0.4 is 10.1 Å². The summed E-state index contributed by atoms with van der Waals surface area (Å²) in [6, 6.07) is 7.51. The van der Waals surface area contributed by atoms with Crippen LogP contribution in [0.25, 0.3) is 0 Å². The first-order valence-corrected chi connectivity index (χ1v) is 8.62. The maximum atomic E-state index is 11.6. The van der Waals surface area contributed by atoms with Crippen molar-refractivity contribution in [2.75, 3.05) is 6.61 Å². The molecular weight excluding hydrogens is 290 g/mol. The molecule has 4 nitrogen and oxygen atoms in total. The number of carbonyl (C=O) groups is 2. The molecule has 0 bridgehead atoms. The molecule has 1 atom stereocenters. The monoisotopic (exact) mass is 317 g/mol. The van der Waals surface area contributed by atoms with E-state index < -0.39 is 0 Å². The van der Waals surface area contributed by atoms with E-state index in [4.69, 9.17) is 4.74 Å². The second-order valence-electron chi connectivity index (χ2n) is 6.68. The van der Waals surface area contributed by atoms with E-state index in [2.05, 4.69) is 19.2 Å². The Kier molecular flexibility index (Phi) is 6.63. The van der Waals surface area contributed by atoms with Gasteiger partial charge >= 0.3 is 0 Å². The molecule has 1 aromatic carbocycles. The summed E-state index contributed by atoms with van der Waals surface area (Å²) in [7, 11) is 0. The second-order valence-corrected chi connectivity index (χ2v) is 6.68. The smallest absolute Gasteiger partial charge is 0.234 e. The zero-order valence-corrected chi connectivity index (χ0v) is 14.1. The highest BCUT2D eigenvalue weighted by molar-refractivity contribution is 6.06. The Balaban J connectivity index is 1.67. The number of carbonyl (C=O) groups excluding carboxylic acids is 2. The molecule has 1 N–H and O–H groups in total. The van der Waals surface area contributed by atoms with Crippen molar-refractivity contribution in [3.63, 3.8) is 0 Å². The Bertz CT molecular complexity index is 522. The molecule has 0 aliphatic carbocycles. The number of rotatable bonds is 9. The number of hydrogen-bond acceptors (Lipinski definition) is 3. The lowest BCUT2D eigenvalue weighted by Gasteiger charge is -2.09. The minimum absolute atomic E-state index is 0.196. The Morgan fingerprint density at radius 1 is 1.09 bits per heavy atom. The first-order valence-electron chi connectivity index (χ1n) is 8.62. The van der Waals surface area contributed by atoms with Gasteiger partial charge in [0.1, 0.15) is 5.75 Å². The first kappa shape index (κ1) is 17.5. The molecule has 2 amide bonds. The number of amides is 2. The molecule has 0 unspecified atom stereocenters. The third-order valence-corrected chi connectivity index (χ3v) is 4.20. The number of nitrogens with one attached hydrogen (secondary N) is 1. The van der Waals surface area contributed by atoms with Gasteiger partial charge in [0.2, 0.25) is 11.8 Å². The number of hydrogen-bond donors (Lipinski definition) is 1. The number of imide groups is 1. The lowest BCUT2D eigenvalue weighted by Crippen LogP contribution is -2.21. The Morgan fingerprint density at radius 2 is 1.78 bits per heavy atom.